The molecule has 2 unspecified atom stereocenters. The lowest BCUT2D eigenvalue weighted by Crippen LogP contribution is -2.45. The van der Waals surface area contributed by atoms with E-state index in [0.717, 1.165) is 50.9 Å². The minimum Gasteiger partial charge on any atom is -0.342 e. The maximum atomic E-state index is 12.5. The predicted molar refractivity (Wildman–Crippen MR) is 94.4 cm³/mol. The Bertz CT molecular complexity index is 373. The highest BCUT2D eigenvalue weighted by Gasteiger charge is 2.27. The molecule has 23 heavy (non-hydrogen) atoms. The minimum absolute atomic E-state index is 0.411. The Labute approximate surface area is 142 Å². The summed E-state index contributed by atoms with van der Waals surface area (Å²) < 4.78 is 0. The van der Waals surface area contributed by atoms with Gasteiger partial charge in [0.15, 0.2) is 0 Å². The zero-order chi connectivity index (χ0) is 16.1. The Kier molecular flexibility index (Phi) is 6.35. The fourth-order valence-corrected chi connectivity index (χ4v) is 4.50. The van der Waals surface area contributed by atoms with Crippen molar-refractivity contribution in [2.75, 3.05) is 45.8 Å². The second kappa shape index (κ2) is 8.48. The van der Waals surface area contributed by atoms with Gasteiger partial charge < -0.3 is 15.1 Å². The van der Waals surface area contributed by atoms with E-state index in [0.29, 0.717) is 11.8 Å². The highest BCUT2D eigenvalue weighted by atomic mass is 16.2. The highest BCUT2D eigenvalue weighted by Crippen LogP contribution is 2.23. The van der Waals surface area contributed by atoms with Gasteiger partial charge in [0.1, 0.15) is 0 Å². The average molecular weight is 322 g/mol. The molecule has 0 aromatic heterocycles. The van der Waals surface area contributed by atoms with Crippen molar-refractivity contribution in [3.05, 3.63) is 0 Å². The Balaban J connectivity index is 1.39. The molecule has 0 radical (unpaired) electrons. The number of likely N-dealkylation sites (tertiary alicyclic amines) is 2. The van der Waals surface area contributed by atoms with Crippen LogP contribution in [0.5, 0.6) is 0 Å². The first-order chi connectivity index (χ1) is 11.2. The van der Waals surface area contributed by atoms with Crippen LogP contribution in [0, 0.1) is 17.8 Å². The fourth-order valence-electron chi connectivity index (χ4n) is 4.50. The quantitative estimate of drug-likeness (QED) is 0.844. The molecule has 3 saturated heterocycles. The third-order valence-electron chi connectivity index (χ3n) is 6.19. The molecule has 2 atom stereocenters. The van der Waals surface area contributed by atoms with Gasteiger partial charge in [0.05, 0.1) is 0 Å². The molecule has 0 aromatic carbocycles. The standard InChI is InChI=1S/C19H35N3O/c1-16-7-11-21(12-8-16)14-18-3-2-10-22(15-18)19(23)5-4-17-6-9-20-13-17/h16-18,20H,2-15H2,1H3. The molecule has 3 aliphatic rings. The van der Waals surface area contributed by atoms with Gasteiger partial charge in [0.2, 0.25) is 5.91 Å². The molecule has 3 heterocycles. The van der Waals surface area contributed by atoms with Gasteiger partial charge in [0, 0.05) is 26.1 Å². The van der Waals surface area contributed by atoms with Crippen LogP contribution in [0.25, 0.3) is 0 Å². The summed E-state index contributed by atoms with van der Waals surface area (Å²) in [5.74, 6) is 2.75. The van der Waals surface area contributed by atoms with E-state index in [1.807, 2.05) is 0 Å². The van der Waals surface area contributed by atoms with E-state index in [-0.39, 0.29) is 0 Å². The van der Waals surface area contributed by atoms with Gasteiger partial charge in [-0.3, -0.25) is 4.79 Å². The molecule has 0 saturated carbocycles. The smallest absolute Gasteiger partial charge is 0.222 e. The van der Waals surface area contributed by atoms with E-state index in [4.69, 9.17) is 0 Å². The van der Waals surface area contributed by atoms with Crippen LogP contribution >= 0.6 is 0 Å². The van der Waals surface area contributed by atoms with Crippen molar-refractivity contribution in [1.29, 1.82) is 0 Å². The number of amides is 1. The fraction of sp³-hybridized carbons (Fsp3) is 0.947. The van der Waals surface area contributed by atoms with Crippen LogP contribution < -0.4 is 5.32 Å². The predicted octanol–water partition coefficient (Wildman–Crippen LogP) is 2.35. The average Bonchev–Trinajstić information content (AvgIpc) is 3.08. The summed E-state index contributed by atoms with van der Waals surface area (Å²) >= 11 is 0. The molecule has 0 spiro atoms. The van der Waals surface area contributed by atoms with E-state index in [1.54, 1.807) is 0 Å². The van der Waals surface area contributed by atoms with Crippen molar-refractivity contribution in [2.45, 2.75) is 51.9 Å². The summed E-state index contributed by atoms with van der Waals surface area (Å²) in [6, 6.07) is 0. The lowest BCUT2D eigenvalue weighted by molar-refractivity contribution is -0.133. The monoisotopic (exact) mass is 321 g/mol. The topological polar surface area (TPSA) is 35.6 Å². The van der Waals surface area contributed by atoms with Crippen LogP contribution in [0.1, 0.15) is 51.9 Å². The van der Waals surface area contributed by atoms with Gasteiger partial charge in [0.25, 0.3) is 0 Å². The van der Waals surface area contributed by atoms with Crippen LogP contribution in [0.15, 0.2) is 0 Å². The maximum Gasteiger partial charge on any atom is 0.222 e. The number of hydrogen-bond acceptors (Lipinski definition) is 3. The number of nitrogens with one attached hydrogen (secondary N) is 1. The number of rotatable bonds is 5. The third kappa shape index (κ3) is 5.18. The lowest BCUT2D eigenvalue weighted by atomic mass is 9.94. The first kappa shape index (κ1) is 17.2. The number of nitrogens with zero attached hydrogens (tertiary/aromatic N) is 2. The second-order valence-electron chi connectivity index (χ2n) is 8.23. The summed E-state index contributed by atoms with van der Waals surface area (Å²) in [7, 11) is 0. The molecule has 3 rings (SSSR count). The van der Waals surface area contributed by atoms with Gasteiger partial charge in [-0.2, -0.15) is 0 Å². The molecule has 132 valence electrons. The first-order valence-electron chi connectivity index (χ1n) is 9.91. The van der Waals surface area contributed by atoms with E-state index in [9.17, 15) is 4.79 Å². The SMILES string of the molecule is CC1CCN(CC2CCCN(C(=O)CCC3CCNC3)C2)CC1. The molecule has 0 aromatic rings. The van der Waals surface area contributed by atoms with Gasteiger partial charge in [-0.15, -0.1) is 0 Å². The number of carbonyl (C=O) groups is 1. The molecular weight excluding hydrogens is 286 g/mol. The van der Waals surface area contributed by atoms with Crippen molar-refractivity contribution in [3.63, 3.8) is 0 Å². The van der Waals surface area contributed by atoms with Crippen LogP contribution in [-0.2, 0) is 4.79 Å². The second-order valence-corrected chi connectivity index (χ2v) is 8.23. The zero-order valence-corrected chi connectivity index (χ0v) is 14.9. The maximum absolute atomic E-state index is 12.5. The summed E-state index contributed by atoms with van der Waals surface area (Å²) in [4.78, 5) is 17.3. The van der Waals surface area contributed by atoms with Crippen LogP contribution in [0.3, 0.4) is 0 Å². The molecule has 4 heteroatoms. The van der Waals surface area contributed by atoms with Gasteiger partial charge >= 0.3 is 0 Å². The van der Waals surface area contributed by atoms with Gasteiger partial charge in [-0.25, -0.2) is 0 Å². The van der Waals surface area contributed by atoms with Crippen LogP contribution in [0.2, 0.25) is 0 Å². The summed E-state index contributed by atoms with van der Waals surface area (Å²) in [5, 5.41) is 3.40. The minimum atomic E-state index is 0.411. The van der Waals surface area contributed by atoms with Gasteiger partial charge in [-0.1, -0.05) is 6.92 Å². The summed E-state index contributed by atoms with van der Waals surface area (Å²) in [6.07, 6.45) is 8.31. The van der Waals surface area contributed by atoms with Crippen molar-refractivity contribution in [1.82, 2.24) is 15.1 Å². The van der Waals surface area contributed by atoms with Crippen molar-refractivity contribution in [3.8, 4) is 0 Å². The molecule has 3 fully saturated rings. The van der Waals surface area contributed by atoms with E-state index < -0.39 is 0 Å². The molecule has 0 bridgehead atoms. The van der Waals surface area contributed by atoms with Gasteiger partial charge in [-0.05, 0) is 82.5 Å². The Morgan fingerprint density at radius 3 is 2.65 bits per heavy atom. The Morgan fingerprint density at radius 1 is 1.09 bits per heavy atom. The zero-order valence-electron chi connectivity index (χ0n) is 14.9. The first-order valence-corrected chi connectivity index (χ1v) is 9.91. The van der Waals surface area contributed by atoms with Crippen molar-refractivity contribution in [2.24, 2.45) is 17.8 Å². The largest absolute Gasteiger partial charge is 0.342 e. The summed E-state index contributed by atoms with van der Waals surface area (Å²) in [5.41, 5.74) is 0. The summed E-state index contributed by atoms with van der Waals surface area (Å²) in [6.45, 7) is 10.4. The van der Waals surface area contributed by atoms with E-state index in [2.05, 4.69) is 22.0 Å². The Morgan fingerprint density at radius 2 is 1.91 bits per heavy atom. The van der Waals surface area contributed by atoms with E-state index in [1.165, 1.54) is 51.7 Å². The molecule has 0 aliphatic carbocycles. The highest BCUT2D eigenvalue weighted by molar-refractivity contribution is 5.76. The molecule has 1 N–H and O–H groups in total. The third-order valence-corrected chi connectivity index (χ3v) is 6.19. The lowest BCUT2D eigenvalue weighted by Gasteiger charge is -2.38. The Hall–Kier alpha value is -0.610. The normalized spacial score (nSPS) is 30.7. The molecule has 4 nitrogen and oxygen atoms in total. The number of carbonyl (C=O) groups excluding carboxylic acids is 1. The van der Waals surface area contributed by atoms with Crippen molar-refractivity contribution >= 4 is 5.91 Å². The van der Waals surface area contributed by atoms with Crippen LogP contribution in [-0.4, -0.2) is 61.5 Å². The van der Waals surface area contributed by atoms with E-state index >= 15 is 0 Å². The number of piperidine rings is 2. The molecule has 3 aliphatic heterocycles. The van der Waals surface area contributed by atoms with Crippen molar-refractivity contribution < 1.29 is 4.79 Å². The number of hydrogen-bond donors (Lipinski definition) is 1. The molecular formula is C19H35N3O. The van der Waals surface area contributed by atoms with Crippen LogP contribution in [0.4, 0.5) is 0 Å². The molecule has 1 amide bonds.